The first-order valence-corrected chi connectivity index (χ1v) is 4.54. The summed E-state index contributed by atoms with van der Waals surface area (Å²) in [5, 5.41) is 11.8. The highest BCUT2D eigenvalue weighted by atomic mass is 16.4. The lowest BCUT2D eigenvalue weighted by atomic mass is 10.1. The van der Waals surface area contributed by atoms with Crippen LogP contribution in [-0.2, 0) is 4.79 Å². The Hall–Kier alpha value is -0.570. The number of hydrogen-bond acceptors (Lipinski definition) is 2. The molecule has 0 radical (unpaired) electrons. The van der Waals surface area contributed by atoms with Gasteiger partial charge in [0.1, 0.15) is 0 Å². The molecule has 2 atom stereocenters. The number of nitrogens with one attached hydrogen (secondary N) is 1. The maximum absolute atomic E-state index is 10.4. The molecule has 3 nitrogen and oxygen atoms in total. The smallest absolute Gasteiger partial charge is 0.307 e. The maximum atomic E-state index is 10.4. The molecule has 0 amide bonds. The molecular formula is C9H19NO2. The van der Waals surface area contributed by atoms with Gasteiger partial charge in [-0.1, -0.05) is 20.3 Å². The van der Waals surface area contributed by atoms with Crippen LogP contribution in [0.2, 0.25) is 0 Å². The fraction of sp³-hybridized carbons (Fsp3) is 0.889. The van der Waals surface area contributed by atoms with E-state index in [-0.39, 0.29) is 5.92 Å². The molecule has 0 aliphatic carbocycles. The number of carboxylic acids is 1. The first kappa shape index (κ1) is 11.4. The summed E-state index contributed by atoms with van der Waals surface area (Å²) in [7, 11) is 0. The average Bonchev–Trinajstić information content (AvgIpc) is 2.00. The standard InChI is InChI=1S/C9H19NO2/c1-4-5-8(3)10-6-7(2)9(11)12/h7-8,10H,4-6H2,1-3H3,(H,11,12). The summed E-state index contributed by atoms with van der Waals surface area (Å²) in [5.41, 5.74) is 0. The van der Waals surface area contributed by atoms with Crippen LogP contribution >= 0.6 is 0 Å². The summed E-state index contributed by atoms with van der Waals surface area (Å²) in [6.07, 6.45) is 2.24. The van der Waals surface area contributed by atoms with E-state index in [1.54, 1.807) is 6.92 Å². The predicted octanol–water partition coefficient (Wildman–Crippen LogP) is 1.49. The van der Waals surface area contributed by atoms with E-state index < -0.39 is 5.97 Å². The second kappa shape index (κ2) is 6.00. The van der Waals surface area contributed by atoms with Crippen molar-refractivity contribution in [2.24, 2.45) is 5.92 Å². The molecule has 2 N–H and O–H groups in total. The van der Waals surface area contributed by atoms with Gasteiger partial charge in [0.2, 0.25) is 0 Å². The van der Waals surface area contributed by atoms with Crippen LogP contribution in [0, 0.1) is 5.92 Å². The van der Waals surface area contributed by atoms with Crippen LogP contribution in [0.3, 0.4) is 0 Å². The number of carboxylic acid groups (broad SMARTS) is 1. The van der Waals surface area contributed by atoms with Crippen molar-refractivity contribution in [1.29, 1.82) is 0 Å². The van der Waals surface area contributed by atoms with Gasteiger partial charge in [0, 0.05) is 12.6 Å². The van der Waals surface area contributed by atoms with Crippen molar-refractivity contribution in [3.05, 3.63) is 0 Å². The highest BCUT2D eigenvalue weighted by molar-refractivity contribution is 5.69. The van der Waals surface area contributed by atoms with Crippen molar-refractivity contribution < 1.29 is 9.90 Å². The molecule has 0 spiro atoms. The third-order valence-corrected chi connectivity index (χ3v) is 1.92. The van der Waals surface area contributed by atoms with Crippen LogP contribution in [-0.4, -0.2) is 23.7 Å². The largest absolute Gasteiger partial charge is 0.481 e. The number of hydrogen-bond donors (Lipinski definition) is 2. The molecule has 0 saturated carbocycles. The molecule has 0 aliphatic heterocycles. The summed E-state index contributed by atoms with van der Waals surface area (Å²) in [5.74, 6) is -1.02. The zero-order valence-electron chi connectivity index (χ0n) is 8.13. The quantitative estimate of drug-likeness (QED) is 0.639. The van der Waals surface area contributed by atoms with Gasteiger partial charge in [-0.25, -0.2) is 0 Å². The molecule has 0 aliphatic rings. The van der Waals surface area contributed by atoms with E-state index in [2.05, 4.69) is 19.2 Å². The Morgan fingerprint density at radius 3 is 2.50 bits per heavy atom. The van der Waals surface area contributed by atoms with E-state index in [4.69, 9.17) is 5.11 Å². The maximum Gasteiger partial charge on any atom is 0.307 e. The molecule has 0 aromatic rings. The minimum Gasteiger partial charge on any atom is -0.481 e. The lowest BCUT2D eigenvalue weighted by Gasteiger charge is -2.14. The molecule has 0 fully saturated rings. The summed E-state index contributed by atoms with van der Waals surface area (Å²) in [4.78, 5) is 10.4. The van der Waals surface area contributed by atoms with Gasteiger partial charge in [0.25, 0.3) is 0 Å². The summed E-state index contributed by atoms with van der Waals surface area (Å²) in [6, 6.07) is 0.428. The van der Waals surface area contributed by atoms with Crippen LogP contribution in [0.25, 0.3) is 0 Å². The van der Waals surface area contributed by atoms with E-state index in [0.29, 0.717) is 12.6 Å². The van der Waals surface area contributed by atoms with Crippen LogP contribution in [0.5, 0.6) is 0 Å². The Kier molecular flexibility index (Phi) is 5.72. The molecule has 0 aromatic heterocycles. The zero-order chi connectivity index (χ0) is 9.56. The number of carbonyl (C=O) groups is 1. The van der Waals surface area contributed by atoms with Gasteiger partial charge in [-0.3, -0.25) is 4.79 Å². The average molecular weight is 173 g/mol. The normalized spacial score (nSPS) is 15.6. The molecule has 0 heterocycles. The molecule has 3 heteroatoms. The summed E-state index contributed by atoms with van der Waals surface area (Å²) >= 11 is 0. The van der Waals surface area contributed by atoms with Crippen molar-refractivity contribution in [3.63, 3.8) is 0 Å². The zero-order valence-corrected chi connectivity index (χ0v) is 8.13. The summed E-state index contributed by atoms with van der Waals surface area (Å²) in [6.45, 7) is 6.49. The lowest BCUT2D eigenvalue weighted by molar-refractivity contribution is -0.140. The van der Waals surface area contributed by atoms with E-state index in [1.165, 1.54) is 0 Å². The van der Waals surface area contributed by atoms with Gasteiger partial charge >= 0.3 is 5.97 Å². The third kappa shape index (κ3) is 5.13. The van der Waals surface area contributed by atoms with Crippen molar-refractivity contribution in [1.82, 2.24) is 5.32 Å². The molecule has 0 aromatic carbocycles. The van der Waals surface area contributed by atoms with E-state index in [0.717, 1.165) is 12.8 Å². The van der Waals surface area contributed by atoms with Crippen LogP contribution < -0.4 is 5.32 Å². The Morgan fingerprint density at radius 2 is 2.08 bits per heavy atom. The Morgan fingerprint density at radius 1 is 1.50 bits per heavy atom. The molecule has 2 unspecified atom stereocenters. The lowest BCUT2D eigenvalue weighted by Crippen LogP contribution is -2.32. The minimum absolute atomic E-state index is 0.288. The molecule has 72 valence electrons. The topological polar surface area (TPSA) is 49.3 Å². The first-order chi connectivity index (χ1) is 5.57. The molecule has 0 saturated heterocycles. The van der Waals surface area contributed by atoms with Crippen molar-refractivity contribution >= 4 is 5.97 Å². The van der Waals surface area contributed by atoms with Gasteiger partial charge in [0.15, 0.2) is 0 Å². The van der Waals surface area contributed by atoms with E-state index >= 15 is 0 Å². The van der Waals surface area contributed by atoms with E-state index in [9.17, 15) is 4.79 Å². The molecular weight excluding hydrogens is 154 g/mol. The third-order valence-electron chi connectivity index (χ3n) is 1.92. The predicted molar refractivity (Wildman–Crippen MR) is 49.2 cm³/mol. The Balaban J connectivity index is 3.46. The van der Waals surface area contributed by atoms with Crippen molar-refractivity contribution in [2.45, 2.75) is 39.7 Å². The van der Waals surface area contributed by atoms with Gasteiger partial charge in [0.05, 0.1) is 5.92 Å². The Bertz CT molecular complexity index is 136. The molecule has 0 bridgehead atoms. The first-order valence-electron chi connectivity index (χ1n) is 4.54. The highest BCUT2D eigenvalue weighted by Gasteiger charge is 2.10. The van der Waals surface area contributed by atoms with Crippen LogP contribution in [0.4, 0.5) is 0 Å². The van der Waals surface area contributed by atoms with Gasteiger partial charge in [-0.2, -0.15) is 0 Å². The number of aliphatic carboxylic acids is 1. The monoisotopic (exact) mass is 173 g/mol. The highest BCUT2D eigenvalue weighted by Crippen LogP contribution is 1.97. The molecule has 0 rings (SSSR count). The van der Waals surface area contributed by atoms with Crippen molar-refractivity contribution in [2.75, 3.05) is 6.54 Å². The Labute approximate surface area is 74.2 Å². The van der Waals surface area contributed by atoms with Gasteiger partial charge in [-0.15, -0.1) is 0 Å². The van der Waals surface area contributed by atoms with E-state index in [1.807, 2.05) is 0 Å². The SMILES string of the molecule is CCCC(C)NCC(C)C(=O)O. The van der Waals surface area contributed by atoms with Crippen LogP contribution in [0.15, 0.2) is 0 Å². The van der Waals surface area contributed by atoms with Gasteiger partial charge in [-0.05, 0) is 13.3 Å². The molecule has 12 heavy (non-hydrogen) atoms. The van der Waals surface area contributed by atoms with Gasteiger partial charge < -0.3 is 10.4 Å². The second-order valence-corrected chi connectivity index (χ2v) is 3.34. The fourth-order valence-electron chi connectivity index (χ4n) is 1.00. The second-order valence-electron chi connectivity index (χ2n) is 3.34. The number of rotatable bonds is 6. The summed E-state index contributed by atoms with van der Waals surface area (Å²) < 4.78 is 0. The van der Waals surface area contributed by atoms with Crippen LogP contribution in [0.1, 0.15) is 33.6 Å². The van der Waals surface area contributed by atoms with Crippen molar-refractivity contribution in [3.8, 4) is 0 Å². The minimum atomic E-state index is -0.730. The fourth-order valence-corrected chi connectivity index (χ4v) is 1.00.